The molecule has 1 unspecified atom stereocenters. The zero-order chi connectivity index (χ0) is 13.9. The molecule has 1 aliphatic rings. The maximum Gasteiger partial charge on any atom is 0.0294 e. The van der Waals surface area contributed by atoms with E-state index in [0.29, 0.717) is 11.5 Å². The lowest BCUT2D eigenvalue weighted by Gasteiger charge is -2.35. The van der Waals surface area contributed by atoms with Crippen LogP contribution in [0.15, 0.2) is 18.2 Å². The highest BCUT2D eigenvalue weighted by Gasteiger charge is 2.27. The van der Waals surface area contributed by atoms with Gasteiger partial charge in [0.2, 0.25) is 0 Å². The molecule has 0 saturated heterocycles. The summed E-state index contributed by atoms with van der Waals surface area (Å²) in [5, 5.41) is 3.77. The maximum atomic E-state index is 3.77. The largest absolute Gasteiger partial charge is 0.310 e. The Morgan fingerprint density at radius 1 is 1.16 bits per heavy atom. The third kappa shape index (κ3) is 3.82. The van der Waals surface area contributed by atoms with E-state index in [2.05, 4.69) is 51.2 Å². The van der Waals surface area contributed by atoms with Gasteiger partial charge in [-0.2, -0.15) is 0 Å². The van der Waals surface area contributed by atoms with Crippen LogP contribution in [0.25, 0.3) is 0 Å². The van der Waals surface area contributed by atoms with Gasteiger partial charge in [-0.1, -0.05) is 49.9 Å². The molecule has 1 saturated carbocycles. The van der Waals surface area contributed by atoms with Crippen molar-refractivity contribution in [1.82, 2.24) is 5.32 Å². The van der Waals surface area contributed by atoms with Crippen LogP contribution in [0.2, 0.25) is 0 Å². The Balaban J connectivity index is 1.95. The van der Waals surface area contributed by atoms with E-state index < -0.39 is 0 Å². The van der Waals surface area contributed by atoms with Crippen molar-refractivity contribution in [1.29, 1.82) is 0 Å². The van der Waals surface area contributed by atoms with Gasteiger partial charge in [-0.25, -0.2) is 0 Å². The molecule has 1 N–H and O–H groups in total. The van der Waals surface area contributed by atoms with Gasteiger partial charge in [0.15, 0.2) is 0 Å². The summed E-state index contributed by atoms with van der Waals surface area (Å²) in [6.07, 6.45) is 7.04. The summed E-state index contributed by atoms with van der Waals surface area (Å²) in [7, 11) is 0. The first-order valence-corrected chi connectivity index (χ1v) is 7.81. The van der Waals surface area contributed by atoms with Crippen LogP contribution in [-0.4, -0.2) is 6.54 Å². The maximum absolute atomic E-state index is 3.77. The normalized spacial score (nSPS) is 20.2. The molecule has 0 spiro atoms. The van der Waals surface area contributed by atoms with Gasteiger partial charge in [-0.05, 0) is 50.2 Å². The van der Waals surface area contributed by atoms with Gasteiger partial charge in [0.1, 0.15) is 0 Å². The second kappa shape index (κ2) is 6.09. The molecule has 0 aliphatic heterocycles. The van der Waals surface area contributed by atoms with Crippen molar-refractivity contribution < 1.29 is 0 Å². The quantitative estimate of drug-likeness (QED) is 0.809. The molecular weight excluding hydrogens is 230 g/mol. The zero-order valence-corrected chi connectivity index (χ0v) is 13.1. The smallest absolute Gasteiger partial charge is 0.0294 e. The second-order valence-electron chi connectivity index (χ2n) is 6.83. The Morgan fingerprint density at radius 2 is 1.84 bits per heavy atom. The molecular formula is C18H29N. The first-order valence-electron chi connectivity index (χ1n) is 7.81. The Morgan fingerprint density at radius 3 is 2.47 bits per heavy atom. The summed E-state index contributed by atoms with van der Waals surface area (Å²) in [5.41, 5.74) is 4.73. The molecule has 0 heterocycles. The van der Waals surface area contributed by atoms with Crippen LogP contribution >= 0.6 is 0 Å². The van der Waals surface area contributed by atoms with E-state index in [1.165, 1.54) is 48.8 Å². The summed E-state index contributed by atoms with van der Waals surface area (Å²) >= 11 is 0. The van der Waals surface area contributed by atoms with Crippen molar-refractivity contribution in [3.63, 3.8) is 0 Å². The molecule has 1 nitrogen and oxygen atoms in total. The Hall–Kier alpha value is -0.820. The highest BCUT2D eigenvalue weighted by atomic mass is 14.9. The van der Waals surface area contributed by atoms with Gasteiger partial charge >= 0.3 is 0 Å². The fraction of sp³-hybridized carbons (Fsp3) is 0.667. The molecule has 1 fully saturated rings. The van der Waals surface area contributed by atoms with Crippen molar-refractivity contribution in [2.45, 2.75) is 65.8 Å². The van der Waals surface area contributed by atoms with E-state index >= 15 is 0 Å². The number of hydrogen-bond donors (Lipinski definition) is 1. The molecule has 1 aliphatic carbocycles. The van der Waals surface area contributed by atoms with E-state index in [4.69, 9.17) is 0 Å². The molecule has 2 rings (SSSR count). The molecule has 1 aromatic carbocycles. The highest BCUT2D eigenvalue weighted by molar-refractivity contribution is 5.32. The predicted octanol–water partition coefficient (Wildman–Crippen LogP) is 4.92. The zero-order valence-electron chi connectivity index (χ0n) is 13.1. The van der Waals surface area contributed by atoms with Crippen LogP contribution in [0.3, 0.4) is 0 Å². The van der Waals surface area contributed by atoms with Gasteiger partial charge in [0.05, 0.1) is 0 Å². The van der Waals surface area contributed by atoms with Gasteiger partial charge in [-0.15, -0.1) is 0 Å². The molecule has 0 aromatic heterocycles. The van der Waals surface area contributed by atoms with Crippen molar-refractivity contribution in [2.24, 2.45) is 5.41 Å². The van der Waals surface area contributed by atoms with E-state index in [1.54, 1.807) is 0 Å². The minimum Gasteiger partial charge on any atom is -0.310 e. The van der Waals surface area contributed by atoms with Gasteiger partial charge in [-0.3, -0.25) is 0 Å². The van der Waals surface area contributed by atoms with Crippen LogP contribution < -0.4 is 5.32 Å². The minimum absolute atomic E-state index is 0.458. The lowest BCUT2D eigenvalue weighted by Crippen LogP contribution is -2.35. The van der Waals surface area contributed by atoms with Crippen molar-refractivity contribution >= 4 is 0 Å². The Bertz CT molecular complexity index is 416. The van der Waals surface area contributed by atoms with E-state index in [1.807, 2.05) is 0 Å². The fourth-order valence-electron chi connectivity index (χ4n) is 3.40. The third-order valence-corrected chi connectivity index (χ3v) is 4.79. The molecule has 106 valence electrons. The van der Waals surface area contributed by atoms with E-state index in [0.717, 1.165) is 6.54 Å². The van der Waals surface area contributed by atoms with Crippen LogP contribution in [-0.2, 0) is 0 Å². The predicted molar refractivity (Wildman–Crippen MR) is 83.5 cm³/mol. The Labute approximate surface area is 118 Å². The summed E-state index contributed by atoms with van der Waals surface area (Å²) in [6, 6.07) is 7.25. The fourth-order valence-corrected chi connectivity index (χ4v) is 3.40. The number of aryl methyl sites for hydroxylation is 2. The van der Waals surface area contributed by atoms with Crippen LogP contribution in [0.5, 0.6) is 0 Å². The molecule has 1 heteroatoms. The molecule has 0 radical (unpaired) electrons. The van der Waals surface area contributed by atoms with Crippen LogP contribution in [0.4, 0.5) is 0 Å². The average Bonchev–Trinajstić information content (AvgIpc) is 2.37. The van der Waals surface area contributed by atoms with Gasteiger partial charge < -0.3 is 5.32 Å². The lowest BCUT2D eigenvalue weighted by molar-refractivity contribution is 0.202. The van der Waals surface area contributed by atoms with Crippen molar-refractivity contribution in [3.05, 3.63) is 34.9 Å². The summed E-state index contributed by atoms with van der Waals surface area (Å²) in [6.45, 7) is 10.3. The van der Waals surface area contributed by atoms with Gasteiger partial charge in [0.25, 0.3) is 0 Å². The molecule has 19 heavy (non-hydrogen) atoms. The van der Waals surface area contributed by atoms with Crippen LogP contribution in [0.1, 0.15) is 68.7 Å². The number of hydrogen-bond acceptors (Lipinski definition) is 1. The Kier molecular flexibility index (Phi) is 4.67. The summed E-state index contributed by atoms with van der Waals surface area (Å²) in [4.78, 5) is 0. The summed E-state index contributed by atoms with van der Waals surface area (Å²) in [5.74, 6) is 0. The third-order valence-electron chi connectivity index (χ3n) is 4.79. The standard InChI is InChI=1S/C18H29N/c1-14-8-9-17(15(2)12-14)16(3)19-13-18(4)10-6-5-7-11-18/h8-9,12,16,19H,5-7,10-11,13H2,1-4H3. The number of rotatable bonds is 4. The molecule has 1 atom stereocenters. The summed E-state index contributed by atoms with van der Waals surface area (Å²) < 4.78 is 0. The molecule has 1 aromatic rings. The van der Waals surface area contributed by atoms with E-state index in [9.17, 15) is 0 Å². The lowest BCUT2D eigenvalue weighted by atomic mass is 9.75. The SMILES string of the molecule is Cc1ccc(C(C)NCC2(C)CCCCC2)c(C)c1. The minimum atomic E-state index is 0.458. The first kappa shape index (κ1) is 14.6. The van der Waals surface area contributed by atoms with Crippen LogP contribution in [0, 0.1) is 19.3 Å². The highest BCUT2D eigenvalue weighted by Crippen LogP contribution is 2.35. The average molecular weight is 259 g/mol. The van der Waals surface area contributed by atoms with Crippen molar-refractivity contribution in [2.75, 3.05) is 6.54 Å². The monoisotopic (exact) mass is 259 g/mol. The number of nitrogens with one attached hydrogen (secondary N) is 1. The first-order chi connectivity index (χ1) is 9.00. The number of benzene rings is 1. The van der Waals surface area contributed by atoms with Gasteiger partial charge in [0, 0.05) is 12.6 Å². The molecule has 0 bridgehead atoms. The molecule has 0 amide bonds. The van der Waals surface area contributed by atoms with E-state index in [-0.39, 0.29) is 0 Å². The van der Waals surface area contributed by atoms with Crippen molar-refractivity contribution in [3.8, 4) is 0 Å². The topological polar surface area (TPSA) is 12.0 Å². The second-order valence-corrected chi connectivity index (χ2v) is 6.83.